The number of hydrogen-bond donors (Lipinski definition) is 2. The summed E-state index contributed by atoms with van der Waals surface area (Å²) in [6.07, 6.45) is 0. The van der Waals surface area contributed by atoms with Gasteiger partial charge in [-0.15, -0.1) is 0 Å². The maximum Gasteiger partial charge on any atom is 0.118 e. The molecule has 2 rings (SSSR count). The van der Waals surface area contributed by atoms with Crippen molar-refractivity contribution in [1.29, 1.82) is 0 Å². The lowest BCUT2D eigenvalue weighted by Gasteiger charge is -2.35. The number of phenolic OH excluding ortho intramolecular Hbond substituents is 1. The molecule has 2 N–H and O–H groups in total. The van der Waals surface area contributed by atoms with Gasteiger partial charge in [0.1, 0.15) is 5.75 Å². The Kier molecular flexibility index (Phi) is 1.88. The van der Waals surface area contributed by atoms with E-state index in [1.807, 2.05) is 19.9 Å². The van der Waals surface area contributed by atoms with E-state index in [9.17, 15) is 5.11 Å². The molecule has 70 valence electrons. The number of aromatic hydroxyl groups is 1. The molecule has 1 aromatic rings. The van der Waals surface area contributed by atoms with Crippen molar-refractivity contribution < 1.29 is 5.11 Å². The van der Waals surface area contributed by atoms with Crippen LogP contribution in [0.2, 0.25) is 0 Å². The zero-order valence-corrected chi connectivity index (χ0v) is 7.96. The first-order chi connectivity index (χ1) is 6.20. The number of phenols is 1. The molecule has 3 heteroatoms. The van der Waals surface area contributed by atoms with Crippen molar-refractivity contribution in [3.8, 4) is 5.75 Å². The minimum Gasteiger partial charge on any atom is -0.508 e. The molecular weight excluding hydrogens is 164 g/mol. The molecule has 0 atom stereocenters. The molecule has 1 fully saturated rings. The highest BCUT2D eigenvalue weighted by atomic mass is 16.3. The zero-order chi connectivity index (χ0) is 9.42. The molecule has 0 radical (unpaired) electrons. The standard InChI is InChI=1S/C10H14N2O/c1-7-8(2)10(13)4-3-9(7)12-5-11-6-12/h3-4,11,13H,5-6H2,1-2H3. The van der Waals surface area contributed by atoms with Crippen molar-refractivity contribution in [2.45, 2.75) is 13.8 Å². The Labute approximate surface area is 78.0 Å². The minimum absolute atomic E-state index is 0.384. The fourth-order valence-corrected chi connectivity index (χ4v) is 1.53. The molecule has 0 spiro atoms. The molecule has 1 aliphatic rings. The first-order valence-electron chi connectivity index (χ1n) is 4.45. The lowest BCUT2D eigenvalue weighted by Crippen LogP contribution is -2.52. The van der Waals surface area contributed by atoms with E-state index in [2.05, 4.69) is 10.2 Å². The van der Waals surface area contributed by atoms with E-state index in [0.29, 0.717) is 5.75 Å². The fourth-order valence-electron chi connectivity index (χ4n) is 1.53. The Balaban J connectivity index is 2.41. The molecule has 0 saturated carbocycles. The molecule has 3 nitrogen and oxygen atoms in total. The Morgan fingerprint density at radius 3 is 2.46 bits per heavy atom. The monoisotopic (exact) mass is 178 g/mol. The number of hydrogen-bond acceptors (Lipinski definition) is 3. The van der Waals surface area contributed by atoms with Gasteiger partial charge in [-0.1, -0.05) is 0 Å². The van der Waals surface area contributed by atoms with Crippen LogP contribution in [0.15, 0.2) is 12.1 Å². The van der Waals surface area contributed by atoms with Crippen LogP contribution in [0.25, 0.3) is 0 Å². The molecule has 0 unspecified atom stereocenters. The highest BCUT2D eigenvalue weighted by molar-refractivity contribution is 5.60. The van der Waals surface area contributed by atoms with E-state index in [1.54, 1.807) is 6.07 Å². The SMILES string of the molecule is Cc1c(O)ccc(N2CNC2)c1C. The number of nitrogens with one attached hydrogen (secondary N) is 1. The maximum atomic E-state index is 9.46. The van der Waals surface area contributed by atoms with Crippen LogP contribution < -0.4 is 10.2 Å². The zero-order valence-electron chi connectivity index (χ0n) is 7.96. The van der Waals surface area contributed by atoms with Gasteiger partial charge in [-0.2, -0.15) is 0 Å². The summed E-state index contributed by atoms with van der Waals surface area (Å²) in [5.41, 5.74) is 3.36. The second kappa shape index (κ2) is 2.92. The Morgan fingerprint density at radius 2 is 1.92 bits per heavy atom. The van der Waals surface area contributed by atoms with Crippen molar-refractivity contribution in [2.24, 2.45) is 0 Å². The molecular formula is C10H14N2O. The molecule has 1 aliphatic heterocycles. The van der Waals surface area contributed by atoms with E-state index < -0.39 is 0 Å². The lowest BCUT2D eigenvalue weighted by molar-refractivity contribution is 0.469. The van der Waals surface area contributed by atoms with Crippen molar-refractivity contribution in [2.75, 3.05) is 18.2 Å². The van der Waals surface area contributed by atoms with Gasteiger partial charge in [0.15, 0.2) is 0 Å². The molecule has 0 bridgehead atoms. The smallest absolute Gasteiger partial charge is 0.118 e. The van der Waals surface area contributed by atoms with Gasteiger partial charge < -0.3 is 10.0 Å². The second-order valence-electron chi connectivity index (χ2n) is 3.46. The first-order valence-corrected chi connectivity index (χ1v) is 4.45. The molecule has 1 heterocycles. The van der Waals surface area contributed by atoms with Crippen LogP contribution in [0, 0.1) is 13.8 Å². The fraction of sp³-hybridized carbons (Fsp3) is 0.400. The molecule has 13 heavy (non-hydrogen) atoms. The largest absolute Gasteiger partial charge is 0.508 e. The van der Waals surface area contributed by atoms with Gasteiger partial charge >= 0.3 is 0 Å². The molecule has 0 aliphatic carbocycles. The Hall–Kier alpha value is -1.22. The lowest BCUT2D eigenvalue weighted by atomic mass is 10.1. The van der Waals surface area contributed by atoms with E-state index in [4.69, 9.17) is 0 Å². The van der Waals surface area contributed by atoms with E-state index in [0.717, 1.165) is 18.9 Å². The van der Waals surface area contributed by atoms with E-state index in [1.165, 1.54) is 11.3 Å². The maximum absolute atomic E-state index is 9.46. The Morgan fingerprint density at radius 1 is 1.23 bits per heavy atom. The van der Waals surface area contributed by atoms with Crippen LogP contribution in [-0.2, 0) is 0 Å². The van der Waals surface area contributed by atoms with Gasteiger partial charge in [0.25, 0.3) is 0 Å². The third-order valence-corrected chi connectivity index (χ3v) is 2.68. The number of rotatable bonds is 1. The summed E-state index contributed by atoms with van der Waals surface area (Å²) in [6, 6.07) is 3.73. The van der Waals surface area contributed by atoms with E-state index >= 15 is 0 Å². The van der Waals surface area contributed by atoms with Crippen molar-refractivity contribution in [3.05, 3.63) is 23.3 Å². The second-order valence-corrected chi connectivity index (χ2v) is 3.46. The highest BCUT2D eigenvalue weighted by Gasteiger charge is 2.16. The van der Waals surface area contributed by atoms with Crippen molar-refractivity contribution in [1.82, 2.24) is 5.32 Å². The molecule has 1 aromatic carbocycles. The predicted octanol–water partition coefficient (Wildman–Crippen LogP) is 1.33. The van der Waals surface area contributed by atoms with Gasteiger partial charge in [0.2, 0.25) is 0 Å². The first kappa shape index (κ1) is 8.38. The Bertz CT molecular complexity index is 332. The van der Waals surface area contributed by atoms with Crippen molar-refractivity contribution in [3.63, 3.8) is 0 Å². The third-order valence-electron chi connectivity index (χ3n) is 2.68. The van der Waals surface area contributed by atoms with Crippen molar-refractivity contribution >= 4 is 5.69 Å². The average molecular weight is 178 g/mol. The van der Waals surface area contributed by atoms with Crippen LogP contribution in [0.4, 0.5) is 5.69 Å². The van der Waals surface area contributed by atoms with Crippen LogP contribution >= 0.6 is 0 Å². The van der Waals surface area contributed by atoms with Crippen LogP contribution in [0.5, 0.6) is 5.75 Å². The number of anilines is 1. The van der Waals surface area contributed by atoms with Gasteiger partial charge in [0, 0.05) is 5.69 Å². The summed E-state index contributed by atoms with van der Waals surface area (Å²) in [5.74, 6) is 0.384. The summed E-state index contributed by atoms with van der Waals surface area (Å²) < 4.78 is 0. The quantitative estimate of drug-likeness (QED) is 0.681. The summed E-state index contributed by atoms with van der Waals surface area (Å²) in [5, 5.41) is 12.6. The normalized spacial score (nSPS) is 15.7. The summed E-state index contributed by atoms with van der Waals surface area (Å²) >= 11 is 0. The summed E-state index contributed by atoms with van der Waals surface area (Å²) in [4.78, 5) is 2.24. The van der Waals surface area contributed by atoms with Crippen LogP contribution in [-0.4, -0.2) is 18.4 Å². The number of benzene rings is 1. The van der Waals surface area contributed by atoms with Crippen LogP contribution in [0.3, 0.4) is 0 Å². The van der Waals surface area contributed by atoms with Gasteiger partial charge in [-0.25, -0.2) is 0 Å². The van der Waals surface area contributed by atoms with Crippen LogP contribution in [0.1, 0.15) is 11.1 Å². The summed E-state index contributed by atoms with van der Waals surface area (Å²) in [7, 11) is 0. The van der Waals surface area contributed by atoms with Gasteiger partial charge in [0.05, 0.1) is 13.3 Å². The summed E-state index contributed by atoms with van der Waals surface area (Å²) in [6.45, 7) is 5.81. The van der Waals surface area contributed by atoms with E-state index in [-0.39, 0.29) is 0 Å². The molecule has 0 amide bonds. The molecule has 1 saturated heterocycles. The predicted molar refractivity (Wildman–Crippen MR) is 52.9 cm³/mol. The van der Waals surface area contributed by atoms with Gasteiger partial charge in [-0.3, -0.25) is 5.32 Å². The topological polar surface area (TPSA) is 35.5 Å². The minimum atomic E-state index is 0.384. The van der Waals surface area contributed by atoms with Gasteiger partial charge in [-0.05, 0) is 37.1 Å². The average Bonchev–Trinajstić information content (AvgIpc) is 2.03. The highest BCUT2D eigenvalue weighted by Crippen LogP contribution is 2.29. The third kappa shape index (κ3) is 1.25. The molecule has 0 aromatic heterocycles. The number of nitrogens with zero attached hydrogens (tertiary/aromatic N) is 1.